The van der Waals surface area contributed by atoms with Crippen molar-refractivity contribution in [2.45, 2.75) is 37.8 Å². The van der Waals surface area contributed by atoms with Gasteiger partial charge < -0.3 is 10.2 Å². The number of anilines is 1. The van der Waals surface area contributed by atoms with E-state index in [0.29, 0.717) is 12.1 Å². The smallest absolute Gasteiger partial charge is 0.282 e. The van der Waals surface area contributed by atoms with Gasteiger partial charge in [0.1, 0.15) is 0 Å². The molecule has 20 heavy (non-hydrogen) atoms. The number of nitro groups is 1. The average molecular weight is 387 g/mol. The molecule has 2 atom stereocenters. The normalized spacial score (nSPS) is 26.1. The van der Waals surface area contributed by atoms with Crippen LogP contribution >= 0.6 is 22.6 Å². The van der Waals surface area contributed by atoms with Crippen LogP contribution in [-0.4, -0.2) is 30.1 Å². The molecule has 0 saturated carbocycles. The zero-order valence-electron chi connectivity index (χ0n) is 11.2. The van der Waals surface area contributed by atoms with Gasteiger partial charge in [-0.1, -0.05) is 0 Å². The lowest BCUT2D eigenvalue weighted by Crippen LogP contribution is -2.44. The minimum absolute atomic E-state index is 0.198. The molecule has 6 heteroatoms. The van der Waals surface area contributed by atoms with Crippen molar-refractivity contribution in [1.82, 2.24) is 5.32 Å². The molecule has 2 fully saturated rings. The summed E-state index contributed by atoms with van der Waals surface area (Å²) in [4.78, 5) is 13.0. The predicted molar refractivity (Wildman–Crippen MR) is 87.2 cm³/mol. The van der Waals surface area contributed by atoms with Crippen molar-refractivity contribution in [2.75, 3.05) is 18.0 Å². The van der Waals surface area contributed by atoms with E-state index in [2.05, 4.69) is 32.8 Å². The van der Waals surface area contributed by atoms with Crippen molar-refractivity contribution in [1.29, 1.82) is 0 Å². The van der Waals surface area contributed by atoms with Crippen LogP contribution < -0.4 is 10.2 Å². The molecule has 0 bridgehead atoms. The van der Waals surface area contributed by atoms with E-state index in [1.54, 1.807) is 6.07 Å². The van der Waals surface area contributed by atoms with Crippen molar-refractivity contribution in [3.63, 3.8) is 0 Å². The lowest BCUT2D eigenvalue weighted by molar-refractivity contribution is -0.385. The number of halogens is 1. The Labute approximate surface area is 132 Å². The third-order valence-corrected chi connectivity index (χ3v) is 5.19. The van der Waals surface area contributed by atoms with E-state index in [1.165, 1.54) is 25.7 Å². The van der Waals surface area contributed by atoms with E-state index in [1.807, 2.05) is 12.1 Å². The van der Waals surface area contributed by atoms with Crippen LogP contribution in [0.2, 0.25) is 0 Å². The second-order valence-corrected chi connectivity index (χ2v) is 6.66. The van der Waals surface area contributed by atoms with Gasteiger partial charge in [-0.15, -0.1) is 0 Å². The first-order chi connectivity index (χ1) is 9.66. The van der Waals surface area contributed by atoms with E-state index in [9.17, 15) is 10.1 Å². The van der Waals surface area contributed by atoms with E-state index < -0.39 is 0 Å². The Morgan fingerprint density at radius 3 is 2.85 bits per heavy atom. The quantitative estimate of drug-likeness (QED) is 0.492. The molecule has 108 valence electrons. The zero-order valence-corrected chi connectivity index (χ0v) is 13.4. The first kappa shape index (κ1) is 14.1. The minimum Gasteiger partial charge on any atom is -0.367 e. The maximum atomic E-state index is 10.9. The summed E-state index contributed by atoms with van der Waals surface area (Å²) in [5.41, 5.74) is 1.32. The molecular formula is C14H18IN3O2. The number of nitro benzene ring substituents is 1. The summed E-state index contributed by atoms with van der Waals surface area (Å²) in [6, 6.07) is 6.59. The molecule has 0 aromatic heterocycles. The molecule has 2 heterocycles. The monoisotopic (exact) mass is 387 g/mol. The molecule has 0 spiro atoms. The standard InChI is InChI=1S/C14H18IN3O2/c15-11-9-10(5-6-13(11)18(19)20)17-8-2-4-14(17)12-3-1-7-16-12/h5-6,9,12,14,16H,1-4,7-8H2. The van der Waals surface area contributed by atoms with Gasteiger partial charge in [0.2, 0.25) is 0 Å². The number of hydrogen-bond acceptors (Lipinski definition) is 4. The van der Waals surface area contributed by atoms with Crippen molar-refractivity contribution >= 4 is 34.0 Å². The second kappa shape index (κ2) is 5.85. The van der Waals surface area contributed by atoms with E-state index in [0.717, 1.165) is 22.3 Å². The number of nitrogens with zero attached hydrogens (tertiary/aromatic N) is 2. The van der Waals surface area contributed by atoms with E-state index in [-0.39, 0.29) is 10.6 Å². The van der Waals surface area contributed by atoms with Gasteiger partial charge in [0, 0.05) is 30.4 Å². The molecule has 2 unspecified atom stereocenters. The Kier molecular flexibility index (Phi) is 4.11. The molecule has 2 saturated heterocycles. The molecule has 2 aliphatic heterocycles. The fourth-order valence-electron chi connectivity index (χ4n) is 3.39. The van der Waals surface area contributed by atoms with Gasteiger partial charge in [0.05, 0.1) is 8.49 Å². The second-order valence-electron chi connectivity index (χ2n) is 5.50. The molecular weight excluding hydrogens is 369 g/mol. The van der Waals surface area contributed by atoms with Crippen LogP contribution in [0.15, 0.2) is 18.2 Å². The van der Waals surface area contributed by atoms with Crippen LogP contribution in [0, 0.1) is 13.7 Å². The van der Waals surface area contributed by atoms with E-state index >= 15 is 0 Å². The maximum Gasteiger partial charge on any atom is 0.282 e. The highest BCUT2D eigenvalue weighted by Gasteiger charge is 2.33. The van der Waals surface area contributed by atoms with Gasteiger partial charge in [0.15, 0.2) is 0 Å². The Bertz CT molecular complexity index is 517. The summed E-state index contributed by atoms with van der Waals surface area (Å²) < 4.78 is 0.718. The van der Waals surface area contributed by atoms with Crippen LogP contribution in [0.3, 0.4) is 0 Å². The summed E-state index contributed by atoms with van der Waals surface area (Å²) in [5, 5.41) is 14.5. The molecule has 3 rings (SSSR count). The molecule has 2 aliphatic rings. The molecule has 5 nitrogen and oxygen atoms in total. The number of nitrogens with one attached hydrogen (secondary N) is 1. The van der Waals surface area contributed by atoms with Crippen LogP contribution in [-0.2, 0) is 0 Å². The van der Waals surface area contributed by atoms with E-state index in [4.69, 9.17) is 0 Å². The largest absolute Gasteiger partial charge is 0.367 e. The highest BCUT2D eigenvalue weighted by atomic mass is 127. The third-order valence-electron chi connectivity index (χ3n) is 4.32. The van der Waals surface area contributed by atoms with Crippen molar-refractivity contribution < 1.29 is 4.92 Å². The highest BCUT2D eigenvalue weighted by molar-refractivity contribution is 14.1. The Morgan fingerprint density at radius 1 is 1.35 bits per heavy atom. The van der Waals surface area contributed by atoms with Crippen LogP contribution in [0.5, 0.6) is 0 Å². The van der Waals surface area contributed by atoms with Gasteiger partial charge in [0.25, 0.3) is 5.69 Å². The van der Waals surface area contributed by atoms with Gasteiger partial charge in [-0.05, 0) is 67.0 Å². The first-order valence-corrected chi connectivity index (χ1v) is 8.18. The molecule has 0 aliphatic carbocycles. The van der Waals surface area contributed by atoms with Crippen LogP contribution in [0.4, 0.5) is 11.4 Å². The lowest BCUT2D eigenvalue weighted by atomic mass is 10.0. The summed E-state index contributed by atoms with van der Waals surface area (Å²) >= 11 is 2.06. The topological polar surface area (TPSA) is 58.4 Å². The van der Waals surface area contributed by atoms with Crippen LogP contribution in [0.25, 0.3) is 0 Å². The van der Waals surface area contributed by atoms with Crippen LogP contribution in [0.1, 0.15) is 25.7 Å². The summed E-state index contributed by atoms with van der Waals surface area (Å²) in [6.45, 7) is 2.17. The first-order valence-electron chi connectivity index (χ1n) is 7.11. The zero-order chi connectivity index (χ0) is 14.1. The lowest BCUT2D eigenvalue weighted by Gasteiger charge is -2.31. The summed E-state index contributed by atoms with van der Waals surface area (Å²) in [6.07, 6.45) is 4.92. The molecule has 1 aromatic carbocycles. The molecule has 0 amide bonds. The third kappa shape index (κ3) is 2.63. The fourth-order valence-corrected chi connectivity index (χ4v) is 4.09. The number of benzene rings is 1. The Hall–Kier alpha value is -0.890. The van der Waals surface area contributed by atoms with Crippen molar-refractivity contribution in [3.05, 3.63) is 31.9 Å². The van der Waals surface area contributed by atoms with Gasteiger partial charge in [-0.25, -0.2) is 0 Å². The molecule has 1 aromatic rings. The number of rotatable bonds is 3. The Balaban J connectivity index is 1.84. The summed E-state index contributed by atoms with van der Waals surface area (Å²) in [5.74, 6) is 0. The highest BCUT2D eigenvalue weighted by Crippen LogP contribution is 2.33. The Morgan fingerprint density at radius 2 is 2.20 bits per heavy atom. The van der Waals surface area contributed by atoms with Gasteiger partial charge >= 0.3 is 0 Å². The maximum absolute atomic E-state index is 10.9. The predicted octanol–water partition coefficient (Wildman–Crippen LogP) is 2.92. The SMILES string of the molecule is O=[N+]([O-])c1ccc(N2CCCC2C2CCCN2)cc1I. The molecule has 1 N–H and O–H groups in total. The minimum atomic E-state index is -0.314. The summed E-state index contributed by atoms with van der Waals surface area (Å²) in [7, 11) is 0. The average Bonchev–Trinajstić information content (AvgIpc) is 3.09. The van der Waals surface area contributed by atoms with Gasteiger partial charge in [-0.3, -0.25) is 10.1 Å². The fraction of sp³-hybridized carbons (Fsp3) is 0.571. The van der Waals surface area contributed by atoms with Gasteiger partial charge in [-0.2, -0.15) is 0 Å². The molecule has 0 radical (unpaired) electrons. The number of hydrogen-bond donors (Lipinski definition) is 1. The van der Waals surface area contributed by atoms with Crippen molar-refractivity contribution in [2.24, 2.45) is 0 Å². The van der Waals surface area contributed by atoms with Crippen molar-refractivity contribution in [3.8, 4) is 0 Å².